The molecule has 0 aromatic rings. The summed E-state index contributed by atoms with van der Waals surface area (Å²) in [6.45, 7) is 16.9. The molecule has 0 aliphatic heterocycles. The number of fused-ring (bicyclic) bond motifs is 5. The number of esters is 2. The molecule has 4 aliphatic carbocycles. The van der Waals surface area contributed by atoms with Gasteiger partial charge >= 0.3 is 18.0 Å². The van der Waals surface area contributed by atoms with Crippen molar-refractivity contribution in [2.24, 2.45) is 46.3 Å². The molecule has 9 unspecified atom stereocenters. The predicted octanol–water partition coefficient (Wildman–Crippen LogP) is 8.73. The monoisotopic (exact) mass is 729 g/mol. The number of rotatable bonds is 20. The lowest BCUT2D eigenvalue weighted by Crippen LogP contribution is -2.51. The molecule has 4 aliphatic rings. The van der Waals surface area contributed by atoms with Gasteiger partial charge in [0.15, 0.2) is 11.8 Å². The maximum absolute atomic E-state index is 12.8. The molecular formula is C43H72N2O7. The van der Waals surface area contributed by atoms with Crippen LogP contribution in [-0.4, -0.2) is 62.3 Å². The van der Waals surface area contributed by atoms with Gasteiger partial charge in [0.25, 0.3) is 0 Å². The Morgan fingerprint density at radius 1 is 0.846 bits per heavy atom. The van der Waals surface area contributed by atoms with Gasteiger partial charge in [-0.1, -0.05) is 72.0 Å². The fourth-order valence-electron chi connectivity index (χ4n) is 11.0. The van der Waals surface area contributed by atoms with E-state index in [2.05, 4.69) is 51.3 Å². The van der Waals surface area contributed by atoms with Crippen molar-refractivity contribution in [3.8, 4) is 0 Å². The number of Topliss-reactive ketones (excluding diaryl/α,β-unsaturated/α-hetero) is 1. The molecule has 4 rings (SSSR count). The number of hydrogen-bond acceptors (Lipinski definition) is 8. The summed E-state index contributed by atoms with van der Waals surface area (Å²) in [6, 6.07) is -1.10. The Kier molecular flexibility index (Phi) is 16.1. The second-order valence-corrected chi connectivity index (χ2v) is 17.5. The zero-order valence-corrected chi connectivity index (χ0v) is 33.7. The van der Waals surface area contributed by atoms with Crippen molar-refractivity contribution in [3.63, 3.8) is 0 Å². The van der Waals surface area contributed by atoms with Crippen LogP contribution in [0.1, 0.15) is 151 Å². The second-order valence-electron chi connectivity index (χ2n) is 17.5. The van der Waals surface area contributed by atoms with E-state index in [0.29, 0.717) is 24.8 Å². The number of ketones is 1. The number of carbonyl (C=O) groups excluding carboxylic acids is 4. The number of ether oxygens (including phenoxy) is 3. The zero-order valence-electron chi connectivity index (χ0n) is 33.7. The molecule has 0 aromatic carbocycles. The summed E-state index contributed by atoms with van der Waals surface area (Å²) in [7, 11) is 0. The topological polar surface area (TPSA) is 120 Å². The van der Waals surface area contributed by atoms with E-state index in [-0.39, 0.29) is 62.0 Å². The van der Waals surface area contributed by atoms with Gasteiger partial charge in [-0.25, -0.2) is 9.59 Å². The fraction of sp³-hybridized carbons (Fsp3) is 0.860. The number of unbranched alkanes of at least 4 members (excludes halogenated alkanes) is 2. The molecule has 2 N–H and O–H groups in total. The molecular weight excluding hydrogens is 656 g/mol. The van der Waals surface area contributed by atoms with Crippen molar-refractivity contribution >= 4 is 23.8 Å². The summed E-state index contributed by atoms with van der Waals surface area (Å²) < 4.78 is 15.9. The van der Waals surface area contributed by atoms with E-state index in [1.807, 2.05) is 0 Å². The minimum Gasteiger partial charge on any atom is -0.466 e. The highest BCUT2D eigenvalue weighted by Crippen LogP contribution is 2.67. The summed E-state index contributed by atoms with van der Waals surface area (Å²) >= 11 is 0. The summed E-state index contributed by atoms with van der Waals surface area (Å²) in [5, 5.41) is 5.77. The Morgan fingerprint density at radius 2 is 1.62 bits per heavy atom. The highest BCUT2D eigenvalue weighted by atomic mass is 16.6. The van der Waals surface area contributed by atoms with Gasteiger partial charge in [-0.15, -0.1) is 0 Å². The average molecular weight is 729 g/mol. The second kappa shape index (κ2) is 19.8. The summed E-state index contributed by atoms with van der Waals surface area (Å²) in [5.41, 5.74) is 2.24. The maximum atomic E-state index is 12.8. The van der Waals surface area contributed by atoms with E-state index in [1.54, 1.807) is 13.8 Å². The molecule has 3 fully saturated rings. The molecule has 0 radical (unpaired) electrons. The number of amides is 1. The van der Waals surface area contributed by atoms with Crippen LogP contribution in [0.2, 0.25) is 0 Å². The van der Waals surface area contributed by atoms with Gasteiger partial charge < -0.3 is 19.5 Å². The van der Waals surface area contributed by atoms with Crippen LogP contribution in [0, 0.1) is 46.3 Å². The molecule has 9 heteroatoms. The number of allylic oxidation sites excluding steroid dienone is 1. The number of alkyl carbamates (subject to hydrolysis) is 1. The Balaban J connectivity index is 1.17. The molecule has 3 saturated carbocycles. The molecule has 0 heterocycles. The maximum Gasteiger partial charge on any atom is 0.407 e. The van der Waals surface area contributed by atoms with Crippen LogP contribution >= 0.6 is 0 Å². The zero-order chi connectivity index (χ0) is 37.9. The first kappa shape index (κ1) is 42.3. The lowest BCUT2D eigenvalue weighted by molar-refractivity contribution is -0.149. The molecule has 9 atom stereocenters. The first-order chi connectivity index (χ1) is 24.8. The van der Waals surface area contributed by atoms with Crippen molar-refractivity contribution in [2.45, 2.75) is 163 Å². The van der Waals surface area contributed by atoms with Gasteiger partial charge in [-0.3, -0.25) is 14.9 Å². The third-order valence-corrected chi connectivity index (χ3v) is 13.7. The van der Waals surface area contributed by atoms with E-state index in [9.17, 15) is 19.2 Å². The SMILES string of the molecule is CCOC(=O)CCNC(C(=O)CCCCCNC(=O)OC1CCC2(C)C(=CCC3C2CCC2(C)C(C(C)CCCC(C)C)CCC32)C1)C(=O)OCC. The Bertz CT molecular complexity index is 1230. The fourth-order valence-corrected chi connectivity index (χ4v) is 11.0. The number of hydrogen-bond donors (Lipinski definition) is 2. The van der Waals surface area contributed by atoms with Crippen LogP contribution in [0.15, 0.2) is 11.6 Å². The lowest BCUT2D eigenvalue weighted by atomic mass is 9.47. The van der Waals surface area contributed by atoms with Gasteiger partial charge in [-0.05, 0) is 118 Å². The van der Waals surface area contributed by atoms with Crippen LogP contribution < -0.4 is 10.6 Å². The molecule has 0 spiro atoms. The van der Waals surface area contributed by atoms with Crippen molar-refractivity contribution < 1.29 is 33.4 Å². The minimum atomic E-state index is -1.10. The van der Waals surface area contributed by atoms with Gasteiger partial charge in [0.05, 0.1) is 19.6 Å². The van der Waals surface area contributed by atoms with E-state index in [4.69, 9.17) is 14.2 Å². The van der Waals surface area contributed by atoms with Gasteiger partial charge in [0.1, 0.15) is 6.10 Å². The third kappa shape index (κ3) is 10.6. The van der Waals surface area contributed by atoms with E-state index in [0.717, 1.165) is 61.2 Å². The van der Waals surface area contributed by atoms with E-state index in [1.165, 1.54) is 56.9 Å². The number of nitrogens with one attached hydrogen (secondary N) is 2. The molecule has 0 aromatic heterocycles. The third-order valence-electron chi connectivity index (χ3n) is 13.7. The highest BCUT2D eigenvalue weighted by molar-refractivity contribution is 6.03. The number of carbonyl (C=O) groups is 4. The van der Waals surface area contributed by atoms with E-state index < -0.39 is 12.0 Å². The van der Waals surface area contributed by atoms with Crippen molar-refractivity contribution in [1.82, 2.24) is 10.6 Å². The largest absolute Gasteiger partial charge is 0.466 e. The van der Waals surface area contributed by atoms with Crippen molar-refractivity contribution in [3.05, 3.63) is 11.6 Å². The highest BCUT2D eigenvalue weighted by Gasteiger charge is 2.59. The quantitative estimate of drug-likeness (QED) is 0.0420. The van der Waals surface area contributed by atoms with Gasteiger partial charge in [0.2, 0.25) is 0 Å². The molecule has 0 saturated heterocycles. The van der Waals surface area contributed by atoms with Crippen LogP contribution in [-0.2, 0) is 28.6 Å². The first-order valence-electron chi connectivity index (χ1n) is 21.1. The first-order valence-corrected chi connectivity index (χ1v) is 21.1. The summed E-state index contributed by atoms with van der Waals surface area (Å²) in [6.07, 6.45) is 18.1. The van der Waals surface area contributed by atoms with Crippen molar-refractivity contribution in [2.75, 3.05) is 26.3 Å². The summed E-state index contributed by atoms with van der Waals surface area (Å²) in [4.78, 5) is 49.6. The Hall–Kier alpha value is -2.42. The molecule has 9 nitrogen and oxygen atoms in total. The molecule has 0 bridgehead atoms. The van der Waals surface area contributed by atoms with Crippen LogP contribution in [0.5, 0.6) is 0 Å². The molecule has 52 heavy (non-hydrogen) atoms. The molecule has 1 amide bonds. The van der Waals surface area contributed by atoms with Gasteiger partial charge in [-0.2, -0.15) is 0 Å². The van der Waals surface area contributed by atoms with Crippen LogP contribution in [0.3, 0.4) is 0 Å². The predicted molar refractivity (Wildman–Crippen MR) is 204 cm³/mol. The lowest BCUT2D eigenvalue weighted by Gasteiger charge is -2.58. The smallest absolute Gasteiger partial charge is 0.407 e. The minimum absolute atomic E-state index is 0.0657. The normalized spacial score (nSPS) is 30.6. The van der Waals surface area contributed by atoms with Crippen molar-refractivity contribution in [1.29, 1.82) is 0 Å². The van der Waals surface area contributed by atoms with Crippen LogP contribution in [0.4, 0.5) is 4.79 Å². The summed E-state index contributed by atoms with van der Waals surface area (Å²) in [5.74, 6) is 3.60. The van der Waals surface area contributed by atoms with Gasteiger partial charge in [0, 0.05) is 25.9 Å². The Morgan fingerprint density at radius 3 is 2.35 bits per heavy atom. The van der Waals surface area contributed by atoms with E-state index >= 15 is 0 Å². The standard InChI is InChI=1S/C43H72N2O7/c1-8-50-38(47)23-27-44-39(40(48)51-9-2)37(46)16-11-10-12-26-45-41(49)52-32-21-24-42(6)31(28-32)17-18-33-35-20-19-34(30(5)15-13-14-29(3)4)43(35,7)25-22-36(33)42/h17,29-30,32-36,39,44H,8-16,18-28H2,1-7H3,(H,45,49). The average Bonchev–Trinajstić information content (AvgIpc) is 3.45. The molecule has 296 valence electrons. The van der Waals surface area contributed by atoms with Crippen LogP contribution in [0.25, 0.3) is 0 Å². The Labute approximate surface area is 314 Å².